The lowest BCUT2D eigenvalue weighted by atomic mass is 9.99. The van der Waals surface area contributed by atoms with Crippen LogP contribution in [0.5, 0.6) is 0 Å². The van der Waals surface area contributed by atoms with Crippen LogP contribution in [0.1, 0.15) is 23.6 Å². The fourth-order valence-corrected chi connectivity index (χ4v) is 2.95. The first-order valence-electron chi connectivity index (χ1n) is 7.93. The van der Waals surface area contributed by atoms with Gasteiger partial charge in [-0.15, -0.1) is 0 Å². The molecule has 3 aromatic carbocycles. The van der Waals surface area contributed by atoms with E-state index in [1.165, 1.54) is 6.07 Å². The maximum atomic E-state index is 14.1. The Morgan fingerprint density at radius 1 is 0.840 bits per heavy atom. The van der Waals surface area contributed by atoms with Gasteiger partial charge in [0, 0.05) is 28.8 Å². The van der Waals surface area contributed by atoms with Crippen LogP contribution in [0.15, 0.2) is 71.1 Å². The van der Waals surface area contributed by atoms with E-state index in [1.807, 2.05) is 42.5 Å². The lowest BCUT2D eigenvalue weighted by molar-refractivity contribution is 0.0191. The van der Waals surface area contributed by atoms with Crippen LogP contribution in [0.3, 0.4) is 0 Å². The Bertz CT molecular complexity index is 1120. The average Bonchev–Trinajstić information content (AvgIpc) is 2.99. The summed E-state index contributed by atoms with van der Waals surface area (Å²) in [6, 6.07) is 19.8. The third-order valence-corrected chi connectivity index (χ3v) is 4.11. The number of rotatable bonds is 1. The number of hydrogen-bond donors (Lipinski definition) is 0. The molecule has 1 heterocycles. The van der Waals surface area contributed by atoms with Gasteiger partial charge in [-0.05, 0) is 24.3 Å². The zero-order chi connectivity index (χ0) is 17.4. The Hall–Kier alpha value is -3.12. The molecule has 0 bridgehead atoms. The zero-order valence-electron chi connectivity index (χ0n) is 13.5. The molecule has 0 atom stereocenters. The van der Waals surface area contributed by atoms with E-state index in [0.717, 1.165) is 12.5 Å². The highest BCUT2D eigenvalue weighted by Gasteiger charge is 2.29. The largest absolute Gasteiger partial charge is 0.455 e. The molecule has 122 valence electrons. The van der Waals surface area contributed by atoms with Crippen molar-refractivity contribution < 1.29 is 13.2 Å². The molecule has 1 aromatic heterocycles. The van der Waals surface area contributed by atoms with Crippen molar-refractivity contribution in [3.8, 4) is 11.8 Å². The molecule has 3 heteroatoms. The molecule has 0 radical (unpaired) electrons. The first kappa shape index (κ1) is 15.4. The van der Waals surface area contributed by atoms with E-state index in [4.69, 9.17) is 4.42 Å². The molecule has 1 nitrogen and oxygen atoms in total. The van der Waals surface area contributed by atoms with E-state index < -0.39 is 5.92 Å². The molecule has 0 amide bonds. The Morgan fingerprint density at radius 2 is 1.56 bits per heavy atom. The maximum Gasteiger partial charge on any atom is 0.271 e. The van der Waals surface area contributed by atoms with Crippen molar-refractivity contribution >= 4 is 21.9 Å². The summed E-state index contributed by atoms with van der Waals surface area (Å²) in [5.41, 5.74) is 2.40. The van der Waals surface area contributed by atoms with Crippen molar-refractivity contribution in [1.29, 1.82) is 0 Å². The van der Waals surface area contributed by atoms with Gasteiger partial charge in [0.25, 0.3) is 5.92 Å². The van der Waals surface area contributed by atoms with Crippen LogP contribution in [0.4, 0.5) is 8.78 Å². The van der Waals surface area contributed by atoms with Crippen LogP contribution in [-0.2, 0) is 5.92 Å². The third-order valence-electron chi connectivity index (χ3n) is 4.11. The minimum absolute atomic E-state index is 0.0438. The summed E-state index contributed by atoms with van der Waals surface area (Å²) in [6.45, 7) is 0.902. The molecule has 25 heavy (non-hydrogen) atoms. The number of hydrogen-bond acceptors (Lipinski definition) is 1. The standard InChI is InChI=1S/C22H14F2O/c1-22(23,24)18-14-13-16(12-11-15-7-3-2-4-8-15)21-20(18)17-9-5-6-10-19(17)25-21/h2-10,13-14H,1H3. The van der Waals surface area contributed by atoms with Crippen LogP contribution in [-0.4, -0.2) is 0 Å². The summed E-state index contributed by atoms with van der Waals surface area (Å²) in [5.74, 6) is 3.15. The number of benzene rings is 3. The van der Waals surface area contributed by atoms with E-state index in [-0.39, 0.29) is 5.56 Å². The van der Waals surface area contributed by atoms with E-state index in [1.54, 1.807) is 18.2 Å². The monoisotopic (exact) mass is 332 g/mol. The van der Waals surface area contributed by atoms with Gasteiger partial charge in [-0.2, -0.15) is 0 Å². The Kier molecular flexibility index (Phi) is 3.54. The fraction of sp³-hybridized carbons (Fsp3) is 0.0909. The molecule has 0 aliphatic rings. The first-order valence-corrected chi connectivity index (χ1v) is 7.93. The smallest absolute Gasteiger partial charge is 0.271 e. The van der Waals surface area contributed by atoms with Crippen LogP contribution in [0, 0.1) is 11.8 Å². The molecule has 4 aromatic rings. The molecule has 0 aliphatic heterocycles. The SMILES string of the molecule is CC(F)(F)c1ccc(C#Cc2ccccc2)c2oc3ccccc3c12. The summed E-state index contributed by atoms with van der Waals surface area (Å²) >= 11 is 0. The normalized spacial score (nSPS) is 11.5. The lowest BCUT2D eigenvalue weighted by Crippen LogP contribution is -2.07. The minimum atomic E-state index is -2.96. The summed E-state index contributed by atoms with van der Waals surface area (Å²) in [6.07, 6.45) is 0. The van der Waals surface area contributed by atoms with Gasteiger partial charge in [-0.1, -0.05) is 54.3 Å². The quantitative estimate of drug-likeness (QED) is 0.384. The highest BCUT2D eigenvalue weighted by atomic mass is 19.3. The second-order valence-electron chi connectivity index (χ2n) is 5.97. The predicted octanol–water partition coefficient (Wildman–Crippen LogP) is 6.10. The second-order valence-corrected chi connectivity index (χ2v) is 5.97. The van der Waals surface area contributed by atoms with Crippen molar-refractivity contribution in [1.82, 2.24) is 0 Å². The van der Waals surface area contributed by atoms with Gasteiger partial charge >= 0.3 is 0 Å². The minimum Gasteiger partial charge on any atom is -0.455 e. The topological polar surface area (TPSA) is 13.1 Å². The molecular weight excluding hydrogens is 318 g/mol. The zero-order valence-corrected chi connectivity index (χ0v) is 13.5. The molecule has 0 aliphatic carbocycles. The van der Waals surface area contributed by atoms with Crippen molar-refractivity contribution in [2.45, 2.75) is 12.8 Å². The molecular formula is C22H14F2O. The molecule has 0 fully saturated rings. The van der Waals surface area contributed by atoms with Gasteiger partial charge in [-0.25, -0.2) is 8.78 Å². The fourth-order valence-electron chi connectivity index (χ4n) is 2.95. The van der Waals surface area contributed by atoms with Gasteiger partial charge in [0.2, 0.25) is 0 Å². The van der Waals surface area contributed by atoms with Gasteiger partial charge in [-0.3, -0.25) is 0 Å². The average molecular weight is 332 g/mol. The number of para-hydroxylation sites is 1. The summed E-state index contributed by atoms with van der Waals surface area (Å²) < 4.78 is 34.1. The van der Waals surface area contributed by atoms with Crippen molar-refractivity contribution in [2.75, 3.05) is 0 Å². The van der Waals surface area contributed by atoms with Crippen LogP contribution >= 0.6 is 0 Å². The van der Waals surface area contributed by atoms with E-state index in [0.29, 0.717) is 27.5 Å². The van der Waals surface area contributed by atoms with E-state index in [2.05, 4.69) is 11.8 Å². The Labute approximate surface area is 143 Å². The van der Waals surface area contributed by atoms with Crippen LogP contribution in [0.2, 0.25) is 0 Å². The van der Waals surface area contributed by atoms with Crippen LogP contribution in [0.25, 0.3) is 21.9 Å². The molecule has 0 unspecified atom stereocenters. The highest BCUT2D eigenvalue weighted by Crippen LogP contribution is 2.39. The number of furan rings is 1. The Morgan fingerprint density at radius 3 is 2.32 bits per heavy atom. The van der Waals surface area contributed by atoms with Gasteiger partial charge < -0.3 is 4.42 Å². The number of alkyl halides is 2. The molecule has 4 rings (SSSR count). The number of fused-ring (bicyclic) bond motifs is 3. The summed E-state index contributed by atoms with van der Waals surface area (Å²) in [4.78, 5) is 0. The van der Waals surface area contributed by atoms with E-state index >= 15 is 0 Å². The molecule has 0 saturated carbocycles. The first-order chi connectivity index (χ1) is 12.0. The van der Waals surface area contributed by atoms with Gasteiger partial charge in [0.05, 0.1) is 5.56 Å². The molecule has 0 spiro atoms. The summed E-state index contributed by atoms with van der Waals surface area (Å²) in [5, 5.41) is 1.11. The van der Waals surface area contributed by atoms with Crippen molar-refractivity contribution in [3.63, 3.8) is 0 Å². The maximum absolute atomic E-state index is 14.1. The summed E-state index contributed by atoms with van der Waals surface area (Å²) in [7, 11) is 0. The lowest BCUT2D eigenvalue weighted by Gasteiger charge is -2.12. The predicted molar refractivity (Wildman–Crippen MR) is 95.7 cm³/mol. The number of halogens is 2. The van der Waals surface area contributed by atoms with Crippen molar-refractivity contribution in [2.24, 2.45) is 0 Å². The highest BCUT2D eigenvalue weighted by molar-refractivity contribution is 6.08. The molecule has 0 saturated heterocycles. The Balaban J connectivity index is 2.00. The van der Waals surface area contributed by atoms with Gasteiger partial charge in [0.15, 0.2) is 5.58 Å². The molecule has 0 N–H and O–H groups in total. The van der Waals surface area contributed by atoms with E-state index in [9.17, 15) is 8.78 Å². The van der Waals surface area contributed by atoms with Crippen LogP contribution < -0.4 is 0 Å². The third kappa shape index (κ3) is 2.77. The second kappa shape index (κ2) is 5.75. The van der Waals surface area contributed by atoms with Gasteiger partial charge in [0.1, 0.15) is 5.58 Å². The van der Waals surface area contributed by atoms with Crippen molar-refractivity contribution in [3.05, 3.63) is 83.4 Å².